The second kappa shape index (κ2) is 7.10. The molecule has 0 aromatic heterocycles. The number of nitrogens with two attached hydrogens (primary N) is 1. The van der Waals surface area contributed by atoms with Crippen LogP contribution in [0.2, 0.25) is 0 Å². The molecule has 1 atom stereocenters. The van der Waals surface area contributed by atoms with Crippen LogP contribution in [-0.2, 0) is 19.1 Å². The minimum absolute atomic E-state index is 0.000505. The molecule has 0 fully saturated rings. The number of hydrogen-bond acceptors (Lipinski definition) is 5. The highest BCUT2D eigenvalue weighted by atomic mass is 16.6. The average Bonchev–Trinajstić information content (AvgIpc) is 2.20. The highest BCUT2D eigenvalue weighted by Crippen LogP contribution is 2.09. The highest BCUT2D eigenvalue weighted by molar-refractivity contribution is 5.85. The van der Waals surface area contributed by atoms with E-state index in [1.807, 2.05) is 0 Å². The van der Waals surface area contributed by atoms with Gasteiger partial charge < -0.3 is 15.8 Å². The third-order valence-corrected chi connectivity index (χ3v) is 1.93. The van der Waals surface area contributed by atoms with Crippen molar-refractivity contribution in [1.29, 1.82) is 0 Å². The number of amides is 1. The van der Waals surface area contributed by atoms with Crippen LogP contribution in [0, 0.1) is 0 Å². The first-order valence-corrected chi connectivity index (χ1v) is 5.86. The highest BCUT2D eigenvalue weighted by Gasteiger charge is 2.22. The van der Waals surface area contributed by atoms with E-state index in [1.54, 1.807) is 20.8 Å². The Labute approximate surface area is 107 Å². The molecule has 6 heteroatoms. The Morgan fingerprint density at radius 2 is 1.83 bits per heavy atom. The van der Waals surface area contributed by atoms with Crippen molar-refractivity contribution in [3.8, 4) is 0 Å². The molecule has 104 valence electrons. The van der Waals surface area contributed by atoms with Gasteiger partial charge in [-0.1, -0.05) is 0 Å². The summed E-state index contributed by atoms with van der Waals surface area (Å²) < 4.78 is 5.08. The van der Waals surface area contributed by atoms with Crippen LogP contribution in [0.15, 0.2) is 0 Å². The van der Waals surface area contributed by atoms with Gasteiger partial charge in [0.25, 0.3) is 0 Å². The summed E-state index contributed by atoms with van der Waals surface area (Å²) in [5, 5.41) is 2.43. The first kappa shape index (κ1) is 16.6. The number of carbonyl (C=O) groups is 3. The van der Waals surface area contributed by atoms with E-state index in [1.165, 1.54) is 6.92 Å². The lowest BCUT2D eigenvalue weighted by molar-refractivity contribution is -0.156. The summed E-state index contributed by atoms with van der Waals surface area (Å²) in [5.41, 5.74) is 5.02. The van der Waals surface area contributed by atoms with Gasteiger partial charge in [0.15, 0.2) is 0 Å². The van der Waals surface area contributed by atoms with E-state index in [4.69, 9.17) is 10.5 Å². The fourth-order valence-corrected chi connectivity index (χ4v) is 1.09. The third-order valence-electron chi connectivity index (χ3n) is 1.93. The number of carbonyl (C=O) groups excluding carboxylic acids is 3. The molecule has 1 unspecified atom stereocenters. The Bertz CT molecular complexity index is 321. The molecule has 6 nitrogen and oxygen atoms in total. The maximum absolute atomic E-state index is 11.5. The monoisotopic (exact) mass is 258 g/mol. The number of ether oxygens (including phenoxy) is 1. The lowest BCUT2D eigenvalue weighted by Crippen LogP contribution is -2.38. The van der Waals surface area contributed by atoms with E-state index in [2.05, 4.69) is 5.32 Å². The zero-order valence-corrected chi connectivity index (χ0v) is 11.4. The van der Waals surface area contributed by atoms with E-state index in [9.17, 15) is 14.4 Å². The minimum Gasteiger partial charge on any atom is -0.459 e. The van der Waals surface area contributed by atoms with Crippen LogP contribution in [-0.4, -0.2) is 35.8 Å². The van der Waals surface area contributed by atoms with Gasteiger partial charge in [-0.05, 0) is 34.1 Å². The van der Waals surface area contributed by atoms with E-state index in [0.717, 1.165) is 0 Å². The number of ketones is 1. The molecule has 0 saturated carbocycles. The van der Waals surface area contributed by atoms with Gasteiger partial charge in [-0.15, -0.1) is 0 Å². The molecule has 0 aliphatic rings. The van der Waals surface area contributed by atoms with Gasteiger partial charge >= 0.3 is 5.97 Å². The van der Waals surface area contributed by atoms with Crippen LogP contribution in [0.4, 0.5) is 0 Å². The summed E-state index contributed by atoms with van der Waals surface area (Å²) in [6.45, 7) is 6.62. The smallest absolute Gasteiger partial charge is 0.323 e. The maximum atomic E-state index is 11.5. The van der Waals surface area contributed by atoms with Crippen LogP contribution in [0.3, 0.4) is 0 Å². The maximum Gasteiger partial charge on any atom is 0.323 e. The van der Waals surface area contributed by atoms with Gasteiger partial charge in [0.1, 0.15) is 17.4 Å². The summed E-state index contributed by atoms with van der Waals surface area (Å²) in [6.07, 6.45) is 0.284. The van der Waals surface area contributed by atoms with Crippen molar-refractivity contribution in [2.24, 2.45) is 5.73 Å². The van der Waals surface area contributed by atoms with Crippen LogP contribution in [0.5, 0.6) is 0 Å². The Balaban J connectivity index is 3.95. The quantitative estimate of drug-likeness (QED) is 0.660. The summed E-state index contributed by atoms with van der Waals surface area (Å²) in [4.78, 5) is 33.4. The van der Waals surface area contributed by atoms with Crippen molar-refractivity contribution in [2.75, 3.05) is 6.54 Å². The van der Waals surface area contributed by atoms with Crippen molar-refractivity contribution in [3.05, 3.63) is 0 Å². The fourth-order valence-electron chi connectivity index (χ4n) is 1.09. The molecule has 1 amide bonds. The predicted molar refractivity (Wildman–Crippen MR) is 66.7 cm³/mol. The number of hydrogen-bond donors (Lipinski definition) is 2. The van der Waals surface area contributed by atoms with Crippen molar-refractivity contribution in [2.45, 2.75) is 52.2 Å². The average molecular weight is 258 g/mol. The Morgan fingerprint density at radius 1 is 1.28 bits per heavy atom. The lowest BCUT2D eigenvalue weighted by Gasteiger charge is -2.22. The molecule has 0 rings (SSSR count). The Kier molecular flexibility index (Phi) is 6.54. The number of rotatable bonds is 6. The van der Waals surface area contributed by atoms with E-state index in [0.29, 0.717) is 0 Å². The summed E-state index contributed by atoms with van der Waals surface area (Å²) in [7, 11) is 0. The molecule has 18 heavy (non-hydrogen) atoms. The molecular weight excluding hydrogens is 236 g/mol. The molecule has 0 aromatic rings. The molecule has 0 aliphatic heterocycles. The van der Waals surface area contributed by atoms with Crippen molar-refractivity contribution in [1.82, 2.24) is 5.32 Å². The van der Waals surface area contributed by atoms with Crippen molar-refractivity contribution < 1.29 is 19.1 Å². The second-order valence-electron chi connectivity index (χ2n) is 5.16. The first-order valence-electron chi connectivity index (χ1n) is 5.86. The molecule has 0 heterocycles. The molecule has 0 aromatic carbocycles. The summed E-state index contributed by atoms with van der Waals surface area (Å²) >= 11 is 0. The van der Waals surface area contributed by atoms with Crippen LogP contribution < -0.4 is 11.1 Å². The Morgan fingerprint density at radius 3 is 2.28 bits per heavy atom. The SMILES string of the molecule is CC(=O)CNC(=O)CCC(N)C(=O)OC(C)(C)C. The second-order valence-corrected chi connectivity index (χ2v) is 5.16. The van der Waals surface area contributed by atoms with E-state index >= 15 is 0 Å². The standard InChI is InChI=1S/C12H22N2O4/c1-8(15)7-14-10(16)6-5-9(13)11(17)18-12(2,3)4/h9H,5-7,13H2,1-4H3,(H,14,16). The van der Waals surface area contributed by atoms with Crippen LogP contribution >= 0.6 is 0 Å². The number of esters is 1. The first-order chi connectivity index (χ1) is 8.11. The Hall–Kier alpha value is -1.43. The fraction of sp³-hybridized carbons (Fsp3) is 0.750. The summed E-state index contributed by atoms with van der Waals surface area (Å²) in [5.74, 6) is -0.953. The zero-order chi connectivity index (χ0) is 14.3. The van der Waals surface area contributed by atoms with Gasteiger partial charge in [-0.25, -0.2) is 0 Å². The van der Waals surface area contributed by atoms with Crippen LogP contribution in [0.1, 0.15) is 40.5 Å². The minimum atomic E-state index is -0.827. The largest absolute Gasteiger partial charge is 0.459 e. The molecule has 0 bridgehead atoms. The van der Waals surface area contributed by atoms with Crippen LogP contribution in [0.25, 0.3) is 0 Å². The molecule has 0 saturated heterocycles. The lowest BCUT2D eigenvalue weighted by atomic mass is 10.1. The summed E-state index contributed by atoms with van der Waals surface area (Å²) in [6, 6.07) is -0.827. The topological polar surface area (TPSA) is 98.5 Å². The van der Waals surface area contributed by atoms with Gasteiger partial charge in [0.05, 0.1) is 6.54 Å². The number of Topliss-reactive ketones (excluding diaryl/α,β-unsaturated/α-hetero) is 1. The van der Waals surface area contributed by atoms with E-state index < -0.39 is 17.6 Å². The zero-order valence-electron chi connectivity index (χ0n) is 11.4. The molecule has 0 spiro atoms. The van der Waals surface area contributed by atoms with Gasteiger partial charge in [0, 0.05) is 6.42 Å². The van der Waals surface area contributed by atoms with Gasteiger partial charge in [-0.3, -0.25) is 14.4 Å². The molecule has 3 N–H and O–H groups in total. The van der Waals surface area contributed by atoms with Gasteiger partial charge in [-0.2, -0.15) is 0 Å². The van der Waals surface area contributed by atoms with E-state index in [-0.39, 0.29) is 31.1 Å². The molecule has 0 aliphatic carbocycles. The van der Waals surface area contributed by atoms with Crippen molar-refractivity contribution >= 4 is 17.7 Å². The third kappa shape index (κ3) is 8.69. The number of nitrogens with one attached hydrogen (secondary N) is 1. The van der Waals surface area contributed by atoms with Crippen molar-refractivity contribution in [3.63, 3.8) is 0 Å². The van der Waals surface area contributed by atoms with Gasteiger partial charge in [0.2, 0.25) is 5.91 Å². The molecular formula is C12H22N2O4. The predicted octanol–water partition coefficient (Wildman–Crippen LogP) is 0.141. The normalized spacial score (nSPS) is 12.7. The molecule has 0 radical (unpaired) electrons.